The maximum Gasteiger partial charge on any atom is 0.187 e. The Bertz CT molecular complexity index is 599. The minimum atomic E-state index is -0.596. The highest BCUT2D eigenvalue weighted by Gasteiger charge is 2.13. The Kier molecular flexibility index (Phi) is 3.20. The lowest BCUT2D eigenvalue weighted by Crippen LogP contribution is -2.13. The van der Waals surface area contributed by atoms with Crippen LogP contribution in [0.2, 0.25) is 0 Å². The summed E-state index contributed by atoms with van der Waals surface area (Å²) >= 11 is 0. The van der Waals surface area contributed by atoms with Crippen LogP contribution in [0.25, 0.3) is 11.4 Å². The third-order valence-electron chi connectivity index (χ3n) is 2.58. The minimum Gasteiger partial charge on any atom is -0.306 e. The summed E-state index contributed by atoms with van der Waals surface area (Å²) in [5.74, 6) is 4.47. The van der Waals surface area contributed by atoms with E-state index >= 15 is 0 Å². The first-order valence-electron chi connectivity index (χ1n) is 5.30. The van der Waals surface area contributed by atoms with Crippen LogP contribution in [0, 0.1) is 25.5 Å². The van der Waals surface area contributed by atoms with Gasteiger partial charge >= 0.3 is 0 Å². The van der Waals surface area contributed by atoms with Gasteiger partial charge in [0.05, 0.1) is 5.69 Å². The number of nitrogens with zero attached hydrogens (tertiary/aromatic N) is 2. The fourth-order valence-corrected chi connectivity index (χ4v) is 1.65. The maximum absolute atomic E-state index is 13.5. The lowest BCUT2D eigenvalue weighted by atomic mass is 10.1. The first-order chi connectivity index (χ1) is 8.52. The lowest BCUT2D eigenvalue weighted by Gasteiger charge is -2.09. The molecule has 0 saturated heterocycles. The molecule has 0 saturated carbocycles. The predicted molar refractivity (Wildman–Crippen MR) is 64.7 cm³/mol. The van der Waals surface area contributed by atoms with E-state index < -0.39 is 5.82 Å². The van der Waals surface area contributed by atoms with Crippen LogP contribution in [0.1, 0.15) is 11.3 Å². The molecule has 4 nitrogen and oxygen atoms in total. The van der Waals surface area contributed by atoms with Crippen molar-refractivity contribution in [3.63, 3.8) is 0 Å². The van der Waals surface area contributed by atoms with E-state index in [1.165, 1.54) is 19.1 Å². The minimum absolute atomic E-state index is 0.0822. The van der Waals surface area contributed by atoms with E-state index in [0.717, 1.165) is 0 Å². The van der Waals surface area contributed by atoms with Gasteiger partial charge in [-0.25, -0.2) is 24.6 Å². The number of hydrogen-bond donors (Lipinski definition) is 2. The molecule has 0 spiro atoms. The normalized spacial score (nSPS) is 10.5. The van der Waals surface area contributed by atoms with Crippen LogP contribution in [-0.4, -0.2) is 9.97 Å². The number of nitrogens with one attached hydrogen (secondary N) is 1. The SMILES string of the molecule is Cc1cc(F)ccc1-c1nc(C)c(F)c(NN)n1. The van der Waals surface area contributed by atoms with Crippen molar-refractivity contribution >= 4 is 5.82 Å². The number of benzene rings is 1. The number of nitrogen functional groups attached to an aromatic ring is 1. The number of rotatable bonds is 2. The zero-order valence-corrected chi connectivity index (χ0v) is 9.96. The summed E-state index contributed by atoms with van der Waals surface area (Å²) in [7, 11) is 0. The summed E-state index contributed by atoms with van der Waals surface area (Å²) in [5.41, 5.74) is 3.66. The van der Waals surface area contributed by atoms with Crippen molar-refractivity contribution in [2.75, 3.05) is 5.43 Å². The topological polar surface area (TPSA) is 63.8 Å². The van der Waals surface area contributed by atoms with Crippen LogP contribution < -0.4 is 11.3 Å². The number of hydrazine groups is 1. The Morgan fingerprint density at radius 1 is 1.17 bits per heavy atom. The Balaban J connectivity index is 2.60. The second-order valence-electron chi connectivity index (χ2n) is 3.90. The zero-order valence-electron chi connectivity index (χ0n) is 9.96. The Labute approximate surface area is 103 Å². The van der Waals surface area contributed by atoms with E-state index in [-0.39, 0.29) is 17.3 Å². The fraction of sp³-hybridized carbons (Fsp3) is 0.167. The predicted octanol–water partition coefficient (Wildman–Crippen LogP) is 2.32. The maximum atomic E-state index is 13.5. The molecular formula is C12H12F2N4. The first-order valence-corrected chi connectivity index (χ1v) is 5.30. The van der Waals surface area contributed by atoms with E-state index in [1.54, 1.807) is 13.0 Å². The van der Waals surface area contributed by atoms with Gasteiger partial charge in [0.2, 0.25) is 0 Å². The molecule has 18 heavy (non-hydrogen) atoms. The average Bonchev–Trinajstić information content (AvgIpc) is 2.32. The molecule has 6 heteroatoms. The van der Waals surface area contributed by atoms with Gasteiger partial charge in [-0.1, -0.05) is 0 Å². The average molecular weight is 250 g/mol. The first kappa shape index (κ1) is 12.4. The molecule has 1 aromatic carbocycles. The van der Waals surface area contributed by atoms with Gasteiger partial charge in [-0.2, -0.15) is 0 Å². The van der Waals surface area contributed by atoms with Crippen molar-refractivity contribution in [1.82, 2.24) is 9.97 Å². The van der Waals surface area contributed by atoms with Gasteiger partial charge in [0, 0.05) is 5.56 Å². The summed E-state index contributed by atoms with van der Waals surface area (Å²) < 4.78 is 26.6. The van der Waals surface area contributed by atoms with Crippen molar-refractivity contribution in [3.05, 3.63) is 41.1 Å². The molecule has 0 amide bonds. The molecule has 0 aliphatic carbocycles. The summed E-state index contributed by atoms with van der Waals surface area (Å²) in [4.78, 5) is 8.01. The number of halogens is 2. The van der Waals surface area contributed by atoms with Gasteiger partial charge in [0.15, 0.2) is 17.5 Å². The summed E-state index contributed by atoms with van der Waals surface area (Å²) in [6, 6.07) is 4.23. The highest BCUT2D eigenvalue weighted by molar-refractivity contribution is 5.61. The van der Waals surface area contributed by atoms with Crippen molar-refractivity contribution in [1.29, 1.82) is 0 Å². The molecule has 0 bridgehead atoms. The summed E-state index contributed by atoms with van der Waals surface area (Å²) in [6.45, 7) is 3.25. The van der Waals surface area contributed by atoms with Gasteiger partial charge in [0.1, 0.15) is 5.82 Å². The third kappa shape index (κ3) is 2.14. The molecule has 0 unspecified atom stereocenters. The second kappa shape index (κ2) is 4.66. The van der Waals surface area contributed by atoms with Crippen molar-refractivity contribution in [2.24, 2.45) is 5.84 Å². The van der Waals surface area contributed by atoms with Crippen LogP contribution in [0.15, 0.2) is 18.2 Å². The second-order valence-corrected chi connectivity index (χ2v) is 3.90. The molecule has 0 aliphatic heterocycles. The molecule has 0 fully saturated rings. The zero-order chi connectivity index (χ0) is 13.3. The molecule has 3 N–H and O–H groups in total. The number of hydrogen-bond acceptors (Lipinski definition) is 4. The molecule has 2 aromatic rings. The van der Waals surface area contributed by atoms with Crippen LogP contribution in [0.4, 0.5) is 14.6 Å². The van der Waals surface area contributed by atoms with Crippen molar-refractivity contribution in [2.45, 2.75) is 13.8 Å². The molecule has 1 heterocycles. The molecule has 0 radical (unpaired) electrons. The fourth-order valence-electron chi connectivity index (χ4n) is 1.65. The van der Waals surface area contributed by atoms with Gasteiger partial charge in [-0.05, 0) is 37.6 Å². The van der Waals surface area contributed by atoms with Crippen LogP contribution in [0.3, 0.4) is 0 Å². The number of aromatic nitrogens is 2. The van der Waals surface area contributed by atoms with Crippen LogP contribution in [0.5, 0.6) is 0 Å². The smallest absolute Gasteiger partial charge is 0.187 e. The van der Waals surface area contributed by atoms with E-state index in [4.69, 9.17) is 5.84 Å². The molecule has 0 aliphatic rings. The van der Waals surface area contributed by atoms with E-state index in [2.05, 4.69) is 15.4 Å². The summed E-state index contributed by atoms with van der Waals surface area (Å²) in [5, 5.41) is 0. The number of anilines is 1. The van der Waals surface area contributed by atoms with E-state index in [1.807, 2.05) is 0 Å². The summed E-state index contributed by atoms with van der Waals surface area (Å²) in [6.07, 6.45) is 0. The molecule has 94 valence electrons. The van der Waals surface area contributed by atoms with E-state index in [9.17, 15) is 8.78 Å². The van der Waals surface area contributed by atoms with Crippen molar-refractivity contribution in [3.8, 4) is 11.4 Å². The van der Waals surface area contributed by atoms with Gasteiger partial charge < -0.3 is 5.43 Å². The Morgan fingerprint density at radius 2 is 1.89 bits per heavy atom. The van der Waals surface area contributed by atoms with Gasteiger partial charge in [0.25, 0.3) is 0 Å². The number of nitrogens with two attached hydrogens (primary N) is 1. The molecule has 0 atom stereocenters. The van der Waals surface area contributed by atoms with Crippen molar-refractivity contribution < 1.29 is 8.78 Å². The van der Waals surface area contributed by atoms with Crippen LogP contribution in [-0.2, 0) is 0 Å². The lowest BCUT2D eigenvalue weighted by molar-refractivity contribution is 0.606. The van der Waals surface area contributed by atoms with Gasteiger partial charge in [-0.15, -0.1) is 0 Å². The number of aryl methyl sites for hydroxylation is 2. The third-order valence-corrected chi connectivity index (χ3v) is 2.58. The van der Waals surface area contributed by atoms with Crippen LogP contribution >= 0.6 is 0 Å². The quantitative estimate of drug-likeness (QED) is 0.634. The highest BCUT2D eigenvalue weighted by atomic mass is 19.1. The monoisotopic (exact) mass is 250 g/mol. The Hall–Kier alpha value is -2.08. The molecule has 1 aromatic heterocycles. The standard InChI is InChI=1S/C12H12F2N4/c1-6-5-8(13)3-4-9(6)11-16-7(2)10(14)12(17-11)18-15/h3-5H,15H2,1-2H3,(H,16,17,18). The molecular weight excluding hydrogens is 238 g/mol. The van der Waals surface area contributed by atoms with E-state index in [0.29, 0.717) is 17.0 Å². The Morgan fingerprint density at radius 3 is 2.50 bits per heavy atom. The molecule has 2 rings (SSSR count). The largest absolute Gasteiger partial charge is 0.306 e. The van der Waals surface area contributed by atoms with Gasteiger partial charge in [-0.3, -0.25) is 0 Å². The highest BCUT2D eigenvalue weighted by Crippen LogP contribution is 2.23.